The number of hydrogen-bond donors (Lipinski definition) is 3. The van der Waals surface area contributed by atoms with E-state index in [-0.39, 0.29) is 28.9 Å². The van der Waals surface area contributed by atoms with Gasteiger partial charge in [0.1, 0.15) is 11.3 Å². The first kappa shape index (κ1) is 22.2. The van der Waals surface area contributed by atoms with Crippen molar-refractivity contribution < 1.29 is 24.4 Å². The number of ether oxygens (including phenoxy) is 1. The first-order valence-corrected chi connectivity index (χ1v) is 11.1. The standard InChI is InChI=1S/C24H18BrN3O6/c25-14-9-10-16-19(12-14)34-24(31)20-15(7-4-8-18(20)28(32)33)21(29)23(16,24)27-22(30)17(26)11-13-5-2-1-3-6-13/h1-10,12,17,31H,11,26H2,(H,27,30)/t17-,23-,24-/m0/s1. The second-order valence-corrected chi connectivity index (χ2v) is 9.12. The molecular formula is C24H18BrN3O6. The Bertz CT molecular complexity index is 1360. The zero-order valence-electron chi connectivity index (χ0n) is 17.5. The molecular weight excluding hydrogens is 506 g/mol. The third-order valence-corrected chi connectivity index (χ3v) is 6.72. The van der Waals surface area contributed by atoms with Crippen LogP contribution < -0.4 is 15.8 Å². The van der Waals surface area contributed by atoms with Gasteiger partial charge in [-0.25, -0.2) is 0 Å². The average molecular weight is 524 g/mol. The number of nitro benzene ring substituents is 1. The van der Waals surface area contributed by atoms with Crippen molar-refractivity contribution in [3.05, 3.63) is 104 Å². The molecule has 9 nitrogen and oxygen atoms in total. The maximum Gasteiger partial charge on any atom is 0.280 e. The Labute approximate surface area is 201 Å². The number of carbonyl (C=O) groups is 2. The smallest absolute Gasteiger partial charge is 0.280 e. The fourth-order valence-electron chi connectivity index (χ4n) is 4.71. The fraction of sp³-hybridized carbons (Fsp3) is 0.167. The van der Waals surface area contributed by atoms with Crippen molar-refractivity contribution in [2.75, 3.05) is 0 Å². The maximum atomic E-state index is 13.8. The van der Waals surface area contributed by atoms with Gasteiger partial charge in [-0.3, -0.25) is 19.7 Å². The third kappa shape index (κ3) is 2.99. The molecule has 5 rings (SSSR count). The molecule has 0 saturated heterocycles. The summed E-state index contributed by atoms with van der Waals surface area (Å²) in [5.41, 5.74) is 4.08. The minimum Gasteiger partial charge on any atom is -0.454 e. The van der Waals surface area contributed by atoms with Gasteiger partial charge in [-0.05, 0) is 24.1 Å². The first-order valence-electron chi connectivity index (χ1n) is 10.3. The van der Waals surface area contributed by atoms with Gasteiger partial charge in [0, 0.05) is 21.7 Å². The molecule has 0 aromatic heterocycles. The third-order valence-electron chi connectivity index (χ3n) is 6.22. The molecule has 3 aromatic carbocycles. The van der Waals surface area contributed by atoms with Crippen molar-refractivity contribution in [2.24, 2.45) is 5.73 Å². The van der Waals surface area contributed by atoms with E-state index in [0.717, 1.165) is 5.56 Å². The number of benzene rings is 3. The lowest BCUT2D eigenvalue weighted by Crippen LogP contribution is -2.62. The minimum absolute atomic E-state index is 0.103. The summed E-state index contributed by atoms with van der Waals surface area (Å²) < 4.78 is 6.42. The number of carbonyl (C=O) groups excluding carboxylic acids is 2. The summed E-state index contributed by atoms with van der Waals surface area (Å²) in [6.07, 6.45) is 0.177. The molecule has 0 radical (unpaired) electrons. The molecule has 0 spiro atoms. The molecule has 10 heteroatoms. The Morgan fingerprint density at radius 3 is 2.62 bits per heavy atom. The van der Waals surface area contributed by atoms with Crippen LogP contribution in [0.1, 0.15) is 27.0 Å². The van der Waals surface area contributed by atoms with Gasteiger partial charge >= 0.3 is 0 Å². The molecule has 1 aliphatic carbocycles. The van der Waals surface area contributed by atoms with Crippen LogP contribution in [0.3, 0.4) is 0 Å². The molecule has 2 aliphatic rings. The number of hydrogen-bond acceptors (Lipinski definition) is 7. The molecule has 3 atom stereocenters. The lowest BCUT2D eigenvalue weighted by molar-refractivity contribution is -0.388. The van der Waals surface area contributed by atoms with Gasteiger partial charge in [0.05, 0.1) is 11.0 Å². The van der Waals surface area contributed by atoms with Crippen LogP contribution in [0.5, 0.6) is 5.75 Å². The van der Waals surface area contributed by atoms with Crippen LogP contribution in [0.2, 0.25) is 0 Å². The van der Waals surface area contributed by atoms with Gasteiger partial charge < -0.3 is 20.9 Å². The van der Waals surface area contributed by atoms with Crippen molar-refractivity contribution >= 4 is 33.3 Å². The molecule has 1 aliphatic heterocycles. The number of nitrogens with two attached hydrogens (primary N) is 1. The highest BCUT2D eigenvalue weighted by molar-refractivity contribution is 9.10. The quantitative estimate of drug-likeness (QED) is 0.344. The normalized spacial score (nSPS) is 22.9. The van der Waals surface area contributed by atoms with Crippen LogP contribution in [0.15, 0.2) is 71.2 Å². The molecule has 4 N–H and O–H groups in total. The summed E-state index contributed by atoms with van der Waals surface area (Å²) >= 11 is 3.31. The van der Waals surface area contributed by atoms with Crippen LogP contribution in [-0.4, -0.2) is 27.8 Å². The summed E-state index contributed by atoms with van der Waals surface area (Å²) in [6, 6.07) is 16.6. The van der Waals surface area contributed by atoms with Gasteiger partial charge in [-0.1, -0.05) is 64.5 Å². The van der Waals surface area contributed by atoms with Gasteiger partial charge in [-0.15, -0.1) is 0 Å². The zero-order valence-corrected chi connectivity index (χ0v) is 19.1. The summed E-state index contributed by atoms with van der Waals surface area (Å²) in [5.74, 6) is -3.89. The van der Waals surface area contributed by atoms with E-state index in [1.165, 1.54) is 30.3 Å². The Morgan fingerprint density at radius 1 is 1.18 bits per heavy atom. The highest BCUT2D eigenvalue weighted by atomic mass is 79.9. The van der Waals surface area contributed by atoms with Crippen molar-refractivity contribution in [3.63, 3.8) is 0 Å². The number of amides is 1. The van der Waals surface area contributed by atoms with E-state index in [2.05, 4.69) is 21.2 Å². The predicted molar refractivity (Wildman–Crippen MR) is 124 cm³/mol. The van der Waals surface area contributed by atoms with Crippen LogP contribution in [-0.2, 0) is 22.5 Å². The van der Waals surface area contributed by atoms with E-state index in [1.54, 1.807) is 6.07 Å². The van der Waals surface area contributed by atoms with Crippen LogP contribution in [0.4, 0.5) is 5.69 Å². The van der Waals surface area contributed by atoms with Crippen molar-refractivity contribution in [2.45, 2.75) is 23.8 Å². The Hall–Kier alpha value is -3.60. The number of ketones is 1. The van der Waals surface area contributed by atoms with E-state index < -0.39 is 39.7 Å². The summed E-state index contributed by atoms with van der Waals surface area (Å²) in [4.78, 5) is 38.2. The molecule has 0 unspecified atom stereocenters. The number of nitrogens with one attached hydrogen (secondary N) is 1. The second-order valence-electron chi connectivity index (χ2n) is 8.21. The van der Waals surface area contributed by atoms with Gasteiger partial charge in [-0.2, -0.15) is 0 Å². The highest BCUT2D eigenvalue weighted by Crippen LogP contribution is 2.60. The predicted octanol–water partition coefficient (Wildman–Crippen LogP) is 2.67. The number of nitro groups is 1. The monoisotopic (exact) mass is 523 g/mol. The lowest BCUT2D eigenvalue weighted by atomic mass is 9.82. The number of fused-ring (bicyclic) bond motifs is 5. The molecule has 34 heavy (non-hydrogen) atoms. The summed E-state index contributed by atoms with van der Waals surface area (Å²) in [5, 5.41) is 26.3. The number of nitrogens with zero attached hydrogens (tertiary/aromatic N) is 1. The highest BCUT2D eigenvalue weighted by Gasteiger charge is 2.73. The molecule has 1 amide bonds. The average Bonchev–Trinajstić information content (AvgIpc) is 3.16. The second kappa shape index (κ2) is 7.73. The van der Waals surface area contributed by atoms with E-state index in [4.69, 9.17) is 10.5 Å². The summed E-state index contributed by atoms with van der Waals surface area (Å²) in [7, 11) is 0. The number of aliphatic hydroxyl groups is 1. The molecule has 0 saturated carbocycles. The van der Waals surface area contributed by atoms with Crippen molar-refractivity contribution in [1.29, 1.82) is 0 Å². The van der Waals surface area contributed by atoms with Crippen LogP contribution in [0, 0.1) is 10.1 Å². The van der Waals surface area contributed by atoms with E-state index >= 15 is 0 Å². The van der Waals surface area contributed by atoms with E-state index in [1.807, 2.05) is 30.3 Å². The number of halogens is 1. The van der Waals surface area contributed by atoms with Crippen LogP contribution in [0.25, 0.3) is 0 Å². The number of rotatable bonds is 5. The van der Waals surface area contributed by atoms with Crippen molar-refractivity contribution in [1.82, 2.24) is 5.32 Å². The van der Waals surface area contributed by atoms with Crippen molar-refractivity contribution in [3.8, 4) is 5.75 Å². The van der Waals surface area contributed by atoms with E-state index in [9.17, 15) is 24.8 Å². The largest absolute Gasteiger partial charge is 0.454 e. The maximum absolute atomic E-state index is 13.8. The van der Waals surface area contributed by atoms with E-state index in [0.29, 0.717) is 4.47 Å². The minimum atomic E-state index is -2.55. The molecule has 1 heterocycles. The molecule has 0 bridgehead atoms. The zero-order chi connectivity index (χ0) is 24.3. The first-order chi connectivity index (χ1) is 16.2. The van der Waals surface area contributed by atoms with Gasteiger partial charge in [0.2, 0.25) is 17.2 Å². The summed E-state index contributed by atoms with van der Waals surface area (Å²) in [6.45, 7) is 0. The Balaban J connectivity index is 1.64. The molecule has 172 valence electrons. The fourth-order valence-corrected chi connectivity index (χ4v) is 5.05. The lowest BCUT2D eigenvalue weighted by Gasteiger charge is -2.34. The van der Waals surface area contributed by atoms with Gasteiger partial charge in [0.25, 0.3) is 11.5 Å². The Morgan fingerprint density at radius 2 is 1.91 bits per heavy atom. The Kier molecular flexibility index (Phi) is 5.05. The topological polar surface area (TPSA) is 145 Å². The SMILES string of the molecule is N[C@@H](Cc1ccccc1)C(=O)N[C@@]12C(=O)c3cccc([N+](=O)[O-])c3[C@]1(O)Oc1cc(Br)ccc12. The van der Waals surface area contributed by atoms with Crippen LogP contribution >= 0.6 is 15.9 Å². The number of Topliss-reactive ketones (excluding diaryl/α,β-unsaturated/α-hetero) is 1. The molecule has 3 aromatic rings. The molecule has 0 fully saturated rings. The van der Waals surface area contributed by atoms with Gasteiger partial charge in [0.15, 0.2) is 0 Å².